The number of pyridine rings is 12. The van der Waals surface area contributed by atoms with E-state index in [9.17, 15) is 0 Å². The van der Waals surface area contributed by atoms with Crippen molar-refractivity contribution in [3.8, 4) is 136 Å². The van der Waals surface area contributed by atoms with Crippen LogP contribution in [-0.2, 0) is 19.6 Å². The van der Waals surface area contributed by atoms with Crippen molar-refractivity contribution in [1.29, 1.82) is 0 Å². The fourth-order valence-corrected chi connectivity index (χ4v) is 18.7. The van der Waals surface area contributed by atoms with Crippen molar-refractivity contribution >= 4 is 93.4 Å². The maximum atomic E-state index is 4.93. The molecule has 0 bridgehead atoms. The van der Waals surface area contributed by atoms with E-state index in [1.807, 2.05) is 135 Å². The standard InChI is InChI=1S/C29H26N8.C28H24N8.2C26H22N8/c1-4-10-37(11-5-1)18-19-12-21(15-30-14-19)20-7-8-25-22(13-20)28(36-35-25)29-33-26-17-31-16-23(27(26)34-29)24-6-2-3-9-32-24;1-2-8-31-23(5-1)22-15-30-16-25-26(22)33-28(32-25)27-21-12-19(6-7-24(21)34-35-27)20-11-18(13-29-14-20)17-36-9-3-4-10-36;1-34(2)15-16-9-18(12-27-11-16)17-6-7-22-19(10-17)25(33-32-22)26-30-23-14-28-13-20(24(23)31-26)21-5-3-4-8-29-21;1-15(2)30-18-9-17(11-27-12-18)16-6-7-22-19(10-16)25(34-33-22)26-31-23-14-28-13-20(24(23)32-26)21-5-3-4-8-29-21/h2-3,6-9,12-17H,1,4-5,10-11,18H2,(H,33,34)(H,35,36);1-2,5-8,11-16H,3-4,9-10,17H2,(H,32,33)(H,34,35);3-14H,15H2,1-2H3,(H,30,31)(H,32,33);3-15,30H,1-2H3,(H,31,32)(H,33,34). The molecular formula is C109H94N32. The van der Waals surface area contributed by atoms with Crippen LogP contribution in [0.2, 0.25) is 0 Å². The molecule has 2 aliphatic rings. The number of piperidine rings is 1. The summed E-state index contributed by atoms with van der Waals surface area (Å²) in [6.45, 7) is 11.6. The molecule has 2 aliphatic heterocycles. The van der Waals surface area contributed by atoms with Crippen LogP contribution in [0.4, 0.5) is 5.69 Å². The number of hydrogen-bond acceptors (Lipinski definition) is 24. The van der Waals surface area contributed by atoms with Crippen LogP contribution >= 0.6 is 0 Å². The summed E-state index contributed by atoms with van der Waals surface area (Å²) >= 11 is 0. The lowest BCUT2D eigenvalue weighted by atomic mass is 10.0. The van der Waals surface area contributed by atoms with Gasteiger partial charge in [0, 0.05) is 191 Å². The van der Waals surface area contributed by atoms with Crippen LogP contribution in [0.15, 0.2) is 294 Å². The third-order valence-electron chi connectivity index (χ3n) is 25.4. The van der Waals surface area contributed by atoms with Gasteiger partial charge in [0.2, 0.25) is 0 Å². The quantitative estimate of drug-likeness (QED) is 0.0342. The number of H-pyrrole nitrogens is 8. The van der Waals surface area contributed by atoms with E-state index >= 15 is 0 Å². The van der Waals surface area contributed by atoms with Gasteiger partial charge in [-0.15, -0.1) is 0 Å². The zero-order valence-corrected chi connectivity index (χ0v) is 77.6. The molecule has 32 heteroatoms. The number of imidazole rings is 4. The highest BCUT2D eigenvalue weighted by atomic mass is 15.2. The molecule has 690 valence electrons. The van der Waals surface area contributed by atoms with Crippen LogP contribution in [0, 0.1) is 0 Å². The van der Waals surface area contributed by atoms with Gasteiger partial charge in [-0.1, -0.05) is 55.0 Å². The van der Waals surface area contributed by atoms with Crippen LogP contribution in [-0.4, -0.2) is 201 Å². The molecule has 26 rings (SSSR count). The number of rotatable bonds is 20. The molecule has 20 aromatic heterocycles. The van der Waals surface area contributed by atoms with Crippen LogP contribution in [0.1, 0.15) is 62.6 Å². The number of fused-ring (bicyclic) bond motifs is 8. The first kappa shape index (κ1) is 87.2. The number of hydrogen-bond donors (Lipinski definition) is 9. The molecular weight excluding hydrogens is 1760 g/mol. The number of aromatic nitrogens is 28. The molecule has 0 saturated carbocycles. The first-order valence-corrected chi connectivity index (χ1v) is 47.0. The van der Waals surface area contributed by atoms with Crippen LogP contribution in [0.25, 0.3) is 223 Å². The molecule has 0 radical (unpaired) electrons. The van der Waals surface area contributed by atoms with Crippen LogP contribution in [0.5, 0.6) is 0 Å². The smallest absolute Gasteiger partial charge is 0.159 e. The Morgan fingerprint density at radius 2 is 0.596 bits per heavy atom. The lowest BCUT2D eigenvalue weighted by Crippen LogP contribution is -2.29. The van der Waals surface area contributed by atoms with E-state index in [2.05, 4.69) is 253 Å². The molecule has 9 N–H and O–H groups in total. The Labute approximate surface area is 807 Å². The topological polar surface area (TPSA) is 406 Å². The van der Waals surface area contributed by atoms with Crippen molar-refractivity contribution in [2.75, 3.05) is 45.6 Å². The molecule has 0 amide bonds. The van der Waals surface area contributed by atoms with Gasteiger partial charge in [-0.3, -0.25) is 90.0 Å². The summed E-state index contributed by atoms with van der Waals surface area (Å²) in [5.41, 5.74) is 33.7. The van der Waals surface area contributed by atoms with E-state index in [1.165, 1.54) is 75.0 Å². The molecule has 2 saturated heterocycles. The summed E-state index contributed by atoms with van der Waals surface area (Å²) < 4.78 is 0. The van der Waals surface area contributed by atoms with Gasteiger partial charge < -0.3 is 30.2 Å². The van der Waals surface area contributed by atoms with E-state index < -0.39 is 0 Å². The second-order valence-corrected chi connectivity index (χ2v) is 35.9. The molecule has 0 atom stereocenters. The first-order valence-electron chi connectivity index (χ1n) is 47.0. The average molecular weight is 1850 g/mol. The molecule has 0 unspecified atom stereocenters. The molecule has 22 heterocycles. The Morgan fingerprint density at radius 1 is 0.298 bits per heavy atom. The first-order chi connectivity index (χ1) is 69.4. The van der Waals surface area contributed by atoms with Crippen molar-refractivity contribution < 1.29 is 0 Å². The number of nitrogens with one attached hydrogen (secondary N) is 9. The lowest BCUT2D eigenvalue weighted by molar-refractivity contribution is 0.220. The van der Waals surface area contributed by atoms with Crippen LogP contribution < -0.4 is 5.32 Å². The van der Waals surface area contributed by atoms with Gasteiger partial charge in [-0.2, -0.15) is 20.4 Å². The zero-order valence-electron chi connectivity index (χ0n) is 77.6. The maximum Gasteiger partial charge on any atom is 0.159 e. The van der Waals surface area contributed by atoms with Crippen molar-refractivity contribution in [2.45, 2.75) is 71.6 Å². The minimum Gasteiger partial charge on any atom is -0.382 e. The van der Waals surface area contributed by atoms with Gasteiger partial charge in [0.1, 0.15) is 44.8 Å². The molecule has 24 aromatic rings. The van der Waals surface area contributed by atoms with Crippen molar-refractivity contribution in [3.63, 3.8) is 0 Å². The minimum atomic E-state index is 0.332. The predicted octanol–water partition coefficient (Wildman–Crippen LogP) is 21.0. The number of benzene rings is 4. The molecule has 2 fully saturated rings. The third-order valence-corrected chi connectivity index (χ3v) is 25.4. The monoisotopic (exact) mass is 1850 g/mol. The summed E-state index contributed by atoms with van der Waals surface area (Å²) in [6, 6.07) is 57.6. The van der Waals surface area contributed by atoms with E-state index in [0.717, 1.165) is 225 Å². The number of anilines is 1. The lowest BCUT2D eigenvalue weighted by Gasteiger charge is -2.26. The van der Waals surface area contributed by atoms with Gasteiger partial charge in [0.25, 0.3) is 0 Å². The third kappa shape index (κ3) is 18.4. The normalized spacial score (nSPS) is 13.0. The molecule has 0 aliphatic carbocycles. The summed E-state index contributed by atoms with van der Waals surface area (Å²) in [4.78, 5) is 93.8. The highest BCUT2D eigenvalue weighted by Crippen LogP contribution is 2.40. The summed E-state index contributed by atoms with van der Waals surface area (Å²) in [6.07, 6.45) is 43.3. The largest absolute Gasteiger partial charge is 0.382 e. The summed E-state index contributed by atoms with van der Waals surface area (Å²) in [5, 5.41) is 38.3. The van der Waals surface area contributed by atoms with E-state index in [1.54, 1.807) is 74.4 Å². The second-order valence-electron chi connectivity index (χ2n) is 35.9. The van der Waals surface area contributed by atoms with Crippen molar-refractivity contribution in [1.82, 2.24) is 155 Å². The summed E-state index contributed by atoms with van der Waals surface area (Å²) in [7, 11) is 4.11. The van der Waals surface area contributed by atoms with Crippen molar-refractivity contribution in [3.05, 3.63) is 310 Å². The second kappa shape index (κ2) is 38.7. The van der Waals surface area contributed by atoms with Gasteiger partial charge in [0.05, 0.1) is 97.4 Å². The van der Waals surface area contributed by atoms with Crippen molar-refractivity contribution in [2.24, 2.45) is 0 Å². The van der Waals surface area contributed by atoms with Gasteiger partial charge in [-0.25, -0.2) is 19.9 Å². The van der Waals surface area contributed by atoms with E-state index in [-0.39, 0.29) is 0 Å². The van der Waals surface area contributed by atoms with Gasteiger partial charge in [-0.05, 0) is 240 Å². The Bertz CT molecular complexity index is 8350. The van der Waals surface area contributed by atoms with Gasteiger partial charge >= 0.3 is 0 Å². The highest BCUT2D eigenvalue weighted by Gasteiger charge is 2.25. The van der Waals surface area contributed by atoms with Gasteiger partial charge in [0.15, 0.2) is 23.3 Å². The zero-order chi connectivity index (χ0) is 94.6. The molecule has 0 spiro atoms. The minimum absolute atomic E-state index is 0.332. The molecule has 32 nitrogen and oxygen atoms in total. The number of likely N-dealkylation sites (tertiary alicyclic amines) is 2. The Kier molecular flexibility index (Phi) is 23.9. The molecule has 141 heavy (non-hydrogen) atoms. The fraction of sp³-hybridized carbons (Fsp3) is 0.156. The summed E-state index contributed by atoms with van der Waals surface area (Å²) in [5.74, 6) is 2.75. The SMILES string of the molecule is CC(C)Nc1cncc(-c2ccc3[nH]nc(-c4nc5c(-c6ccccn6)cncc5[nH]4)c3c2)c1.CN(C)Cc1cncc(-c2ccc3[nH]nc(-c4nc5c(-c6ccccn6)cncc5[nH]4)c3c2)c1.c1ccc(-c2cncc3[nH]c(-c4n[nH]c5ccc(-c6cncc(CN7CCCC7)c6)cc45)nc23)nc1.c1ccc(-c2cncc3[nH]c(-c4n[nH]c5ccc(-c6cncc(CN7CCCCC7)c6)cc45)nc23)nc1. The Balaban J connectivity index is 0.000000105. The Hall–Kier alpha value is -17.9. The van der Waals surface area contributed by atoms with Crippen LogP contribution in [0.3, 0.4) is 0 Å². The fourth-order valence-electron chi connectivity index (χ4n) is 18.7. The maximum absolute atomic E-state index is 4.93. The van der Waals surface area contributed by atoms with E-state index in [0.29, 0.717) is 29.3 Å². The number of nitrogens with zero attached hydrogens (tertiary/aromatic N) is 23. The average Bonchev–Trinajstić information content (AvgIpc) is 1.63. The number of aromatic amines is 8. The predicted molar refractivity (Wildman–Crippen MR) is 552 cm³/mol. The molecule has 4 aromatic carbocycles. The highest BCUT2D eigenvalue weighted by molar-refractivity contribution is 6.03. The Morgan fingerprint density at radius 3 is 0.908 bits per heavy atom. The van der Waals surface area contributed by atoms with E-state index in [4.69, 9.17) is 19.9 Å².